The molecule has 0 bridgehead atoms. The molecule has 1 N–H and O–H groups in total. The van der Waals surface area contributed by atoms with Gasteiger partial charge in [-0.05, 0) is 56.1 Å². The Hall–Kier alpha value is -0.700. The average Bonchev–Trinajstić information content (AvgIpc) is 2.30. The van der Waals surface area contributed by atoms with Crippen LogP contribution >= 0.6 is 43.5 Å². The van der Waals surface area contributed by atoms with Gasteiger partial charge in [0.2, 0.25) is 0 Å². The molecule has 2 aromatic rings. The molecule has 0 saturated heterocycles. The summed E-state index contributed by atoms with van der Waals surface area (Å²) in [4.78, 5) is 3.67. The number of nitrogens with one attached hydrogen (secondary N) is 1. The van der Waals surface area contributed by atoms with E-state index < -0.39 is 15.8 Å². The number of nitrogens with zero attached hydrogens (tertiary/aromatic N) is 1. The average molecular weight is 445 g/mol. The third kappa shape index (κ3) is 3.49. The molecule has 2 rings (SSSR count). The summed E-state index contributed by atoms with van der Waals surface area (Å²) in [5.41, 5.74) is 0.248. The third-order valence-corrected chi connectivity index (χ3v) is 5.69. The topological polar surface area (TPSA) is 59.1 Å². The van der Waals surface area contributed by atoms with Gasteiger partial charge in [0.15, 0.2) is 0 Å². The Morgan fingerprint density at radius 2 is 1.80 bits per heavy atom. The molecule has 20 heavy (non-hydrogen) atoms. The van der Waals surface area contributed by atoms with Crippen molar-refractivity contribution in [2.24, 2.45) is 0 Å². The van der Waals surface area contributed by atoms with Gasteiger partial charge in [0.1, 0.15) is 15.9 Å². The van der Waals surface area contributed by atoms with Gasteiger partial charge in [-0.1, -0.05) is 11.6 Å². The number of halogens is 4. The first-order valence-corrected chi connectivity index (χ1v) is 8.53. The van der Waals surface area contributed by atoms with Gasteiger partial charge in [0.05, 0.1) is 11.9 Å². The number of hydrogen-bond donors (Lipinski definition) is 1. The second-order valence-electron chi connectivity index (χ2n) is 3.67. The zero-order chi connectivity index (χ0) is 14.9. The van der Waals surface area contributed by atoms with E-state index in [1.165, 1.54) is 18.3 Å². The highest BCUT2D eigenvalue weighted by Crippen LogP contribution is 2.32. The molecule has 0 atom stereocenters. The summed E-state index contributed by atoms with van der Waals surface area (Å²) in [6, 6.07) is 5.06. The highest BCUT2D eigenvalue weighted by Gasteiger charge is 2.22. The van der Waals surface area contributed by atoms with Gasteiger partial charge >= 0.3 is 0 Å². The van der Waals surface area contributed by atoms with Crippen molar-refractivity contribution in [2.75, 3.05) is 4.72 Å². The summed E-state index contributed by atoms with van der Waals surface area (Å²) >= 11 is 11.7. The van der Waals surface area contributed by atoms with Crippen LogP contribution in [0.2, 0.25) is 5.15 Å². The highest BCUT2D eigenvalue weighted by atomic mass is 79.9. The second-order valence-corrected chi connectivity index (χ2v) is 7.39. The quantitative estimate of drug-likeness (QED) is 0.722. The lowest BCUT2D eigenvalue weighted by atomic mass is 10.3. The van der Waals surface area contributed by atoms with Crippen molar-refractivity contribution in [2.45, 2.75) is 4.90 Å². The maximum Gasteiger partial charge on any atom is 0.264 e. The number of sulfonamides is 1. The molecule has 106 valence electrons. The zero-order valence-electron chi connectivity index (χ0n) is 9.57. The zero-order valence-corrected chi connectivity index (χ0v) is 14.3. The number of benzene rings is 1. The molecule has 0 saturated carbocycles. The molecule has 0 spiro atoms. The van der Waals surface area contributed by atoms with Gasteiger partial charge in [-0.25, -0.2) is 17.8 Å². The smallest absolute Gasteiger partial charge is 0.264 e. The lowest BCUT2D eigenvalue weighted by Crippen LogP contribution is -2.14. The minimum Gasteiger partial charge on any atom is -0.278 e. The fourth-order valence-electron chi connectivity index (χ4n) is 1.43. The predicted molar refractivity (Wildman–Crippen MR) is 81.9 cm³/mol. The molecule has 4 nitrogen and oxygen atoms in total. The molecular formula is C11H6Br2ClFN2O2S. The van der Waals surface area contributed by atoms with Crippen LogP contribution in [0.25, 0.3) is 0 Å². The molecule has 0 aliphatic carbocycles. The van der Waals surface area contributed by atoms with E-state index in [2.05, 4.69) is 41.6 Å². The van der Waals surface area contributed by atoms with Crippen LogP contribution in [-0.4, -0.2) is 13.4 Å². The Morgan fingerprint density at radius 3 is 2.30 bits per heavy atom. The number of aromatic nitrogens is 1. The summed E-state index contributed by atoms with van der Waals surface area (Å²) in [7, 11) is -3.90. The first-order chi connectivity index (χ1) is 9.29. The number of anilines is 1. The van der Waals surface area contributed by atoms with E-state index in [0.29, 0.717) is 0 Å². The lowest BCUT2D eigenvalue weighted by Gasteiger charge is -2.11. The first kappa shape index (κ1) is 15.7. The molecule has 0 amide bonds. The number of pyridine rings is 1. The first-order valence-electron chi connectivity index (χ1n) is 5.08. The van der Waals surface area contributed by atoms with E-state index >= 15 is 0 Å². The van der Waals surface area contributed by atoms with Crippen molar-refractivity contribution in [3.63, 3.8) is 0 Å². The fraction of sp³-hybridized carbons (Fsp3) is 0. The Kier molecular flexibility index (Phi) is 4.68. The highest BCUT2D eigenvalue weighted by molar-refractivity contribution is 9.11. The van der Waals surface area contributed by atoms with E-state index in [-0.39, 0.29) is 24.7 Å². The molecule has 1 aromatic heterocycles. The molecular weight excluding hydrogens is 438 g/mol. The molecule has 0 fully saturated rings. The fourth-order valence-corrected chi connectivity index (χ4v) is 5.11. The standard InChI is InChI=1S/C11H6Br2ClFN2O2S/c12-8-3-6(15)4-9(13)11(8)20(18,19)17-7-1-2-10(14)16-5-7/h1-5,17H. The van der Waals surface area contributed by atoms with Gasteiger partial charge in [0, 0.05) is 8.95 Å². The summed E-state index contributed by atoms with van der Waals surface area (Å²) in [6.45, 7) is 0. The number of hydrogen-bond acceptors (Lipinski definition) is 3. The van der Waals surface area contributed by atoms with Crippen molar-refractivity contribution in [1.29, 1.82) is 0 Å². The van der Waals surface area contributed by atoms with Gasteiger partial charge in [-0.15, -0.1) is 0 Å². The van der Waals surface area contributed by atoms with Crippen molar-refractivity contribution in [1.82, 2.24) is 4.98 Å². The van der Waals surface area contributed by atoms with Gasteiger partial charge in [-0.3, -0.25) is 4.72 Å². The largest absolute Gasteiger partial charge is 0.278 e. The normalized spacial score (nSPS) is 11.4. The number of rotatable bonds is 3. The van der Waals surface area contributed by atoms with Crippen LogP contribution in [0.4, 0.5) is 10.1 Å². The summed E-state index contributed by atoms with van der Waals surface area (Å²) < 4.78 is 40.3. The Balaban J connectivity index is 2.43. The van der Waals surface area contributed by atoms with E-state index in [9.17, 15) is 12.8 Å². The summed E-state index contributed by atoms with van der Waals surface area (Å²) in [6.07, 6.45) is 1.28. The van der Waals surface area contributed by atoms with E-state index in [0.717, 1.165) is 12.1 Å². The second kappa shape index (κ2) is 5.97. The van der Waals surface area contributed by atoms with Crippen molar-refractivity contribution >= 4 is 59.2 Å². The van der Waals surface area contributed by atoms with Crippen LogP contribution in [0.3, 0.4) is 0 Å². The maximum atomic E-state index is 13.2. The monoisotopic (exact) mass is 442 g/mol. The van der Waals surface area contributed by atoms with Crippen LogP contribution < -0.4 is 4.72 Å². The van der Waals surface area contributed by atoms with Crippen molar-refractivity contribution < 1.29 is 12.8 Å². The molecule has 0 aliphatic rings. The van der Waals surface area contributed by atoms with Crippen LogP contribution in [-0.2, 0) is 10.0 Å². The maximum absolute atomic E-state index is 13.2. The molecule has 1 heterocycles. The van der Waals surface area contributed by atoms with Gasteiger partial charge < -0.3 is 0 Å². The third-order valence-electron chi connectivity index (χ3n) is 2.21. The van der Waals surface area contributed by atoms with Gasteiger partial charge in [0.25, 0.3) is 10.0 Å². The van der Waals surface area contributed by atoms with Crippen LogP contribution in [0, 0.1) is 5.82 Å². The predicted octanol–water partition coefficient (Wildman–Crippen LogP) is 4.20. The van der Waals surface area contributed by atoms with Crippen molar-refractivity contribution in [3.05, 3.63) is 50.4 Å². The van der Waals surface area contributed by atoms with Crippen molar-refractivity contribution in [3.8, 4) is 0 Å². The van der Waals surface area contributed by atoms with E-state index in [4.69, 9.17) is 11.6 Å². The minimum absolute atomic E-state index is 0.103. The molecule has 0 aliphatic heterocycles. The summed E-state index contributed by atoms with van der Waals surface area (Å²) in [5.74, 6) is -0.559. The molecule has 0 radical (unpaired) electrons. The molecule has 0 unspecified atom stereocenters. The lowest BCUT2D eigenvalue weighted by molar-refractivity contribution is 0.598. The van der Waals surface area contributed by atoms with Crippen LogP contribution in [0.5, 0.6) is 0 Å². The Morgan fingerprint density at radius 1 is 1.20 bits per heavy atom. The molecule has 9 heteroatoms. The van der Waals surface area contributed by atoms with E-state index in [1.54, 1.807) is 0 Å². The minimum atomic E-state index is -3.90. The summed E-state index contributed by atoms with van der Waals surface area (Å²) in [5, 5.41) is 0.247. The van der Waals surface area contributed by atoms with Gasteiger partial charge in [-0.2, -0.15) is 0 Å². The molecule has 1 aromatic carbocycles. The van der Waals surface area contributed by atoms with Crippen LogP contribution in [0.1, 0.15) is 0 Å². The van der Waals surface area contributed by atoms with Crippen LogP contribution in [0.15, 0.2) is 44.3 Å². The SMILES string of the molecule is O=S(=O)(Nc1ccc(Cl)nc1)c1c(Br)cc(F)cc1Br. The van der Waals surface area contributed by atoms with E-state index in [1.807, 2.05) is 0 Å². The Labute approximate surface area is 136 Å². The Bertz CT molecular complexity index is 731.